The number of benzene rings is 1. The third-order valence-corrected chi connectivity index (χ3v) is 3.02. The molecule has 0 bridgehead atoms. The summed E-state index contributed by atoms with van der Waals surface area (Å²) in [6.07, 6.45) is 2.30. The molecule has 7 nitrogen and oxygen atoms in total. The van der Waals surface area contributed by atoms with Crippen molar-refractivity contribution in [3.63, 3.8) is 0 Å². The summed E-state index contributed by atoms with van der Waals surface area (Å²) >= 11 is 11.5. The third kappa shape index (κ3) is 2.51. The topological polar surface area (TPSA) is 98.3 Å². The number of halogens is 2. The minimum atomic E-state index is -1.23. The Morgan fingerprint density at radius 2 is 2.00 bits per heavy atom. The molecule has 0 aliphatic carbocycles. The number of imidazole rings is 1. The highest BCUT2D eigenvalue weighted by Gasteiger charge is 2.19. The molecule has 19 heavy (non-hydrogen) atoms. The Morgan fingerprint density at radius 3 is 2.53 bits per heavy atom. The molecule has 0 aliphatic heterocycles. The van der Waals surface area contributed by atoms with Gasteiger partial charge in [-0.1, -0.05) is 23.2 Å². The van der Waals surface area contributed by atoms with Gasteiger partial charge >= 0.3 is 5.97 Å². The minimum absolute atomic E-state index is 0.0377. The van der Waals surface area contributed by atoms with Crippen LogP contribution in [0.3, 0.4) is 0 Å². The lowest BCUT2D eigenvalue weighted by atomic mass is 10.2. The van der Waals surface area contributed by atoms with Crippen molar-refractivity contribution in [2.45, 2.75) is 0 Å². The van der Waals surface area contributed by atoms with Gasteiger partial charge in [-0.3, -0.25) is 14.7 Å². The van der Waals surface area contributed by atoms with Gasteiger partial charge in [0.05, 0.1) is 15.0 Å². The number of aromatic carboxylic acids is 1. The average molecular weight is 302 g/mol. The van der Waals surface area contributed by atoms with E-state index in [0.29, 0.717) is 0 Å². The molecule has 1 N–H and O–H groups in total. The summed E-state index contributed by atoms with van der Waals surface area (Å²) in [4.78, 5) is 24.7. The molecular weight excluding hydrogens is 297 g/mol. The second-order valence-electron chi connectivity index (χ2n) is 3.48. The number of hydrogen-bond donors (Lipinski definition) is 1. The smallest absolute Gasteiger partial charge is 0.356 e. The summed E-state index contributed by atoms with van der Waals surface area (Å²) in [5, 5.41) is 19.9. The van der Waals surface area contributed by atoms with Crippen LogP contribution in [0.15, 0.2) is 24.7 Å². The Balaban J connectivity index is 2.62. The molecule has 0 aliphatic rings. The maximum Gasteiger partial charge on any atom is 0.356 e. The van der Waals surface area contributed by atoms with E-state index in [1.807, 2.05) is 0 Å². The van der Waals surface area contributed by atoms with Crippen LogP contribution in [0.25, 0.3) is 5.69 Å². The number of carbonyl (C=O) groups is 1. The molecule has 98 valence electrons. The Kier molecular flexibility index (Phi) is 3.41. The number of aromatic nitrogens is 2. The summed E-state index contributed by atoms with van der Waals surface area (Å²) in [6, 6.07) is 2.37. The van der Waals surface area contributed by atoms with Crippen LogP contribution in [0.4, 0.5) is 5.69 Å². The fraction of sp³-hybridized carbons (Fsp3) is 0. The predicted molar refractivity (Wildman–Crippen MR) is 67.2 cm³/mol. The Morgan fingerprint density at radius 1 is 1.37 bits per heavy atom. The monoisotopic (exact) mass is 301 g/mol. The van der Waals surface area contributed by atoms with Crippen LogP contribution in [0.2, 0.25) is 10.0 Å². The first-order valence-electron chi connectivity index (χ1n) is 4.81. The Labute approximate surface area is 116 Å². The maximum atomic E-state index is 11.0. The van der Waals surface area contributed by atoms with Gasteiger partial charge in [-0.15, -0.1) is 0 Å². The Bertz CT molecular complexity index is 683. The number of nitro benzene ring substituents is 1. The van der Waals surface area contributed by atoms with Crippen molar-refractivity contribution in [1.29, 1.82) is 0 Å². The molecule has 1 aromatic heterocycles. The third-order valence-electron chi connectivity index (χ3n) is 2.29. The SMILES string of the molecule is O=C(O)c1cn(-c2cc(Cl)c(Cl)cc2[N+](=O)[O-])cn1. The molecule has 2 rings (SSSR count). The van der Waals surface area contributed by atoms with Gasteiger partial charge in [0.1, 0.15) is 12.0 Å². The van der Waals surface area contributed by atoms with Crippen molar-refractivity contribution in [2.24, 2.45) is 0 Å². The van der Waals surface area contributed by atoms with E-state index < -0.39 is 10.9 Å². The number of rotatable bonds is 3. The Hall–Kier alpha value is -2.12. The zero-order valence-corrected chi connectivity index (χ0v) is 10.6. The number of carboxylic acid groups (broad SMARTS) is 1. The molecule has 0 fully saturated rings. The highest BCUT2D eigenvalue weighted by atomic mass is 35.5. The number of hydrogen-bond acceptors (Lipinski definition) is 4. The highest BCUT2D eigenvalue weighted by molar-refractivity contribution is 6.42. The van der Waals surface area contributed by atoms with Crippen molar-refractivity contribution in [3.8, 4) is 5.69 Å². The first-order chi connectivity index (χ1) is 8.90. The highest BCUT2D eigenvalue weighted by Crippen LogP contribution is 2.32. The van der Waals surface area contributed by atoms with E-state index in [1.54, 1.807) is 0 Å². The normalized spacial score (nSPS) is 10.4. The zero-order valence-electron chi connectivity index (χ0n) is 9.08. The van der Waals surface area contributed by atoms with Crippen molar-refractivity contribution in [2.75, 3.05) is 0 Å². The maximum absolute atomic E-state index is 11.0. The summed E-state index contributed by atoms with van der Waals surface area (Å²) in [7, 11) is 0. The lowest BCUT2D eigenvalue weighted by Crippen LogP contribution is -1.99. The van der Waals surface area contributed by atoms with Gasteiger partial charge in [-0.2, -0.15) is 0 Å². The fourth-order valence-electron chi connectivity index (χ4n) is 1.44. The van der Waals surface area contributed by atoms with E-state index in [4.69, 9.17) is 28.3 Å². The van der Waals surface area contributed by atoms with Crippen molar-refractivity contribution in [3.05, 3.63) is 50.5 Å². The molecule has 9 heteroatoms. The van der Waals surface area contributed by atoms with Gasteiger partial charge < -0.3 is 5.11 Å². The van der Waals surface area contributed by atoms with Gasteiger partial charge in [0, 0.05) is 12.3 Å². The fourth-order valence-corrected chi connectivity index (χ4v) is 1.76. The molecule has 0 saturated heterocycles. The number of nitrogens with zero attached hydrogens (tertiary/aromatic N) is 3. The minimum Gasteiger partial charge on any atom is -0.476 e. The van der Waals surface area contributed by atoms with E-state index in [1.165, 1.54) is 10.6 Å². The molecule has 0 atom stereocenters. The second-order valence-corrected chi connectivity index (χ2v) is 4.30. The lowest BCUT2D eigenvalue weighted by Gasteiger charge is -2.05. The summed E-state index contributed by atoms with van der Waals surface area (Å²) in [5.41, 5.74) is -0.455. The van der Waals surface area contributed by atoms with E-state index in [0.717, 1.165) is 18.6 Å². The number of nitro groups is 1. The van der Waals surface area contributed by atoms with Gasteiger partial charge in [0.2, 0.25) is 0 Å². The van der Waals surface area contributed by atoms with Gasteiger partial charge in [-0.25, -0.2) is 9.78 Å². The van der Waals surface area contributed by atoms with Crippen LogP contribution in [-0.2, 0) is 0 Å². The van der Waals surface area contributed by atoms with Gasteiger partial charge in [0.15, 0.2) is 5.69 Å². The average Bonchev–Trinajstić information content (AvgIpc) is 2.81. The standard InChI is InChI=1S/C10H5Cl2N3O4/c11-5-1-8(9(15(18)19)2-6(5)12)14-3-7(10(16)17)13-4-14/h1-4H,(H,16,17). The largest absolute Gasteiger partial charge is 0.476 e. The predicted octanol–water partition coefficient (Wildman–Crippen LogP) is 2.79. The molecule has 1 aromatic carbocycles. The van der Waals surface area contributed by atoms with E-state index in [2.05, 4.69) is 4.98 Å². The first-order valence-corrected chi connectivity index (χ1v) is 5.57. The molecule has 0 radical (unpaired) electrons. The summed E-state index contributed by atoms with van der Waals surface area (Å²) in [6.45, 7) is 0. The van der Waals surface area contributed by atoms with E-state index >= 15 is 0 Å². The van der Waals surface area contributed by atoms with Gasteiger partial charge in [-0.05, 0) is 6.07 Å². The molecule has 0 unspecified atom stereocenters. The van der Waals surface area contributed by atoms with Crippen molar-refractivity contribution in [1.82, 2.24) is 9.55 Å². The summed E-state index contributed by atoms with van der Waals surface area (Å²) in [5.74, 6) is -1.23. The molecule has 0 amide bonds. The van der Waals surface area contributed by atoms with Crippen LogP contribution in [0.5, 0.6) is 0 Å². The quantitative estimate of drug-likeness (QED) is 0.694. The second kappa shape index (κ2) is 4.87. The van der Waals surface area contributed by atoms with Crippen molar-refractivity contribution < 1.29 is 14.8 Å². The van der Waals surface area contributed by atoms with Crippen LogP contribution in [0.1, 0.15) is 10.5 Å². The van der Waals surface area contributed by atoms with Crippen LogP contribution < -0.4 is 0 Å². The molecule has 1 heterocycles. The van der Waals surface area contributed by atoms with Crippen molar-refractivity contribution >= 4 is 34.9 Å². The number of carboxylic acids is 1. The van der Waals surface area contributed by atoms with Crippen LogP contribution >= 0.6 is 23.2 Å². The lowest BCUT2D eigenvalue weighted by molar-refractivity contribution is -0.384. The molecule has 2 aromatic rings. The van der Waals surface area contributed by atoms with E-state index in [9.17, 15) is 14.9 Å². The van der Waals surface area contributed by atoms with Gasteiger partial charge in [0.25, 0.3) is 5.69 Å². The molecule has 0 saturated carbocycles. The van der Waals surface area contributed by atoms with Crippen LogP contribution in [-0.4, -0.2) is 25.6 Å². The summed E-state index contributed by atoms with van der Waals surface area (Å²) < 4.78 is 1.20. The first kappa shape index (κ1) is 13.3. The van der Waals surface area contributed by atoms with Crippen LogP contribution in [0, 0.1) is 10.1 Å². The zero-order chi connectivity index (χ0) is 14.2. The van der Waals surface area contributed by atoms with E-state index in [-0.39, 0.29) is 27.1 Å². The molecule has 0 spiro atoms. The molecular formula is C10H5Cl2N3O4.